The van der Waals surface area contributed by atoms with Crippen LogP contribution in [0.3, 0.4) is 0 Å². The highest BCUT2D eigenvalue weighted by Crippen LogP contribution is 2.33. The predicted molar refractivity (Wildman–Crippen MR) is 85.8 cm³/mol. The quantitative estimate of drug-likeness (QED) is 0.730. The number of alkyl halides is 2. The molecule has 114 valence electrons. The monoisotopic (exact) mass is 328 g/mol. The van der Waals surface area contributed by atoms with Gasteiger partial charge in [-0.3, -0.25) is 4.68 Å². The lowest BCUT2D eigenvalue weighted by Gasteiger charge is -2.30. The molecule has 21 heavy (non-hydrogen) atoms. The first-order chi connectivity index (χ1) is 10.1. The second kappa shape index (κ2) is 6.80. The van der Waals surface area contributed by atoms with E-state index in [1.807, 2.05) is 23.9 Å². The normalized spacial score (nSPS) is 11.9. The molecule has 0 bridgehead atoms. The van der Waals surface area contributed by atoms with Crippen LogP contribution in [0.2, 0.25) is 0 Å². The summed E-state index contributed by atoms with van der Waals surface area (Å²) < 4.78 is 16.0. The number of aryl methyl sites for hydroxylation is 2. The minimum absolute atomic E-state index is 0.254. The number of hydrogen-bond donors (Lipinski definition) is 0. The van der Waals surface area contributed by atoms with Crippen molar-refractivity contribution in [2.24, 2.45) is 7.05 Å². The second-order valence-corrected chi connectivity index (χ2v) is 5.84. The standard InChI is InChI=1S/C16H19Cl2FN2/c1-3-12-8-13(21(2)20-12)9-16(10-17,11-18)14-6-4-5-7-15(14)19/h4-8H,3,9-11H2,1-2H3. The molecule has 0 amide bonds. The van der Waals surface area contributed by atoms with E-state index in [0.717, 1.165) is 17.8 Å². The molecule has 2 nitrogen and oxygen atoms in total. The zero-order chi connectivity index (χ0) is 15.5. The Morgan fingerprint density at radius 3 is 2.43 bits per heavy atom. The van der Waals surface area contributed by atoms with Gasteiger partial charge in [0.1, 0.15) is 5.82 Å². The van der Waals surface area contributed by atoms with Crippen LogP contribution in [0.5, 0.6) is 0 Å². The van der Waals surface area contributed by atoms with Crippen LogP contribution in [0.1, 0.15) is 23.9 Å². The molecule has 0 saturated carbocycles. The fourth-order valence-electron chi connectivity index (χ4n) is 2.52. The molecule has 0 unspecified atom stereocenters. The molecule has 2 rings (SSSR count). The van der Waals surface area contributed by atoms with Gasteiger partial charge in [0.05, 0.1) is 5.69 Å². The van der Waals surface area contributed by atoms with E-state index in [-0.39, 0.29) is 17.6 Å². The van der Waals surface area contributed by atoms with E-state index in [0.29, 0.717) is 12.0 Å². The molecule has 0 saturated heterocycles. The average molecular weight is 329 g/mol. The van der Waals surface area contributed by atoms with E-state index in [4.69, 9.17) is 23.2 Å². The van der Waals surface area contributed by atoms with Gasteiger partial charge in [0.2, 0.25) is 0 Å². The molecule has 1 aromatic carbocycles. The van der Waals surface area contributed by atoms with Crippen LogP contribution < -0.4 is 0 Å². The van der Waals surface area contributed by atoms with E-state index in [1.54, 1.807) is 12.1 Å². The molecule has 1 aromatic heterocycles. The first-order valence-electron chi connectivity index (χ1n) is 6.95. The van der Waals surface area contributed by atoms with Crippen LogP contribution in [-0.4, -0.2) is 21.5 Å². The van der Waals surface area contributed by atoms with E-state index >= 15 is 0 Å². The lowest BCUT2D eigenvalue weighted by molar-refractivity contribution is 0.476. The minimum atomic E-state index is -0.632. The summed E-state index contributed by atoms with van der Waals surface area (Å²) in [5.41, 5.74) is 1.96. The average Bonchev–Trinajstić information content (AvgIpc) is 2.86. The molecule has 0 atom stereocenters. The van der Waals surface area contributed by atoms with Gasteiger partial charge in [0.25, 0.3) is 0 Å². The number of aromatic nitrogens is 2. The van der Waals surface area contributed by atoms with Gasteiger partial charge in [0, 0.05) is 36.3 Å². The molecule has 0 radical (unpaired) electrons. The SMILES string of the molecule is CCc1cc(CC(CCl)(CCl)c2ccccc2F)n(C)n1. The van der Waals surface area contributed by atoms with Crippen molar-refractivity contribution in [3.63, 3.8) is 0 Å². The van der Waals surface area contributed by atoms with Gasteiger partial charge < -0.3 is 0 Å². The Morgan fingerprint density at radius 1 is 1.24 bits per heavy atom. The molecule has 2 aromatic rings. The van der Waals surface area contributed by atoms with Crippen LogP contribution in [0.25, 0.3) is 0 Å². The highest BCUT2D eigenvalue weighted by Gasteiger charge is 2.34. The highest BCUT2D eigenvalue weighted by molar-refractivity contribution is 6.22. The van der Waals surface area contributed by atoms with Gasteiger partial charge in [-0.1, -0.05) is 25.1 Å². The summed E-state index contributed by atoms with van der Waals surface area (Å²) >= 11 is 12.4. The largest absolute Gasteiger partial charge is 0.272 e. The first kappa shape index (κ1) is 16.3. The molecule has 0 aliphatic carbocycles. The summed E-state index contributed by atoms with van der Waals surface area (Å²) in [7, 11) is 1.89. The number of rotatable bonds is 6. The Hall–Kier alpha value is -1.06. The number of nitrogens with zero attached hydrogens (tertiary/aromatic N) is 2. The van der Waals surface area contributed by atoms with Crippen molar-refractivity contribution < 1.29 is 4.39 Å². The van der Waals surface area contributed by atoms with E-state index in [1.165, 1.54) is 6.07 Å². The Kier molecular flexibility index (Phi) is 5.28. The maximum absolute atomic E-state index is 14.2. The van der Waals surface area contributed by atoms with Crippen molar-refractivity contribution in [1.29, 1.82) is 0 Å². The van der Waals surface area contributed by atoms with E-state index in [9.17, 15) is 4.39 Å². The van der Waals surface area contributed by atoms with Crippen LogP contribution >= 0.6 is 23.2 Å². The molecule has 5 heteroatoms. The lowest BCUT2D eigenvalue weighted by Crippen LogP contribution is -2.35. The van der Waals surface area contributed by atoms with Crippen LogP contribution in [-0.2, 0) is 25.3 Å². The molecule has 0 aliphatic rings. The summed E-state index contributed by atoms with van der Waals surface area (Å²) in [6.07, 6.45) is 1.42. The lowest BCUT2D eigenvalue weighted by atomic mass is 9.79. The fourth-order valence-corrected chi connectivity index (χ4v) is 3.28. The van der Waals surface area contributed by atoms with E-state index < -0.39 is 5.41 Å². The smallest absolute Gasteiger partial charge is 0.127 e. The fraction of sp³-hybridized carbons (Fsp3) is 0.438. The number of benzene rings is 1. The molecule has 0 aliphatic heterocycles. The van der Waals surface area contributed by atoms with Crippen molar-refractivity contribution >= 4 is 23.2 Å². The topological polar surface area (TPSA) is 17.8 Å². The maximum atomic E-state index is 14.2. The van der Waals surface area contributed by atoms with Crippen molar-refractivity contribution in [2.45, 2.75) is 25.2 Å². The third kappa shape index (κ3) is 3.24. The third-order valence-corrected chi connectivity index (χ3v) is 4.89. The van der Waals surface area contributed by atoms with Crippen LogP contribution in [0, 0.1) is 5.82 Å². The van der Waals surface area contributed by atoms with Crippen molar-refractivity contribution in [1.82, 2.24) is 9.78 Å². The van der Waals surface area contributed by atoms with Gasteiger partial charge in [-0.25, -0.2) is 4.39 Å². The van der Waals surface area contributed by atoms with Gasteiger partial charge in [0.15, 0.2) is 0 Å². The van der Waals surface area contributed by atoms with Crippen molar-refractivity contribution in [2.75, 3.05) is 11.8 Å². The molecular formula is C16H19Cl2FN2. The molecule has 1 heterocycles. The maximum Gasteiger partial charge on any atom is 0.127 e. The Balaban J connectivity index is 2.43. The van der Waals surface area contributed by atoms with Crippen LogP contribution in [0.4, 0.5) is 4.39 Å². The van der Waals surface area contributed by atoms with Gasteiger partial charge in [-0.2, -0.15) is 5.10 Å². The van der Waals surface area contributed by atoms with Gasteiger partial charge in [-0.05, 0) is 24.1 Å². The summed E-state index contributed by atoms with van der Waals surface area (Å²) in [5, 5.41) is 4.43. The van der Waals surface area contributed by atoms with Gasteiger partial charge >= 0.3 is 0 Å². The number of halogens is 3. The Labute approximate surface area is 134 Å². The van der Waals surface area contributed by atoms with Crippen LogP contribution in [0.15, 0.2) is 30.3 Å². The van der Waals surface area contributed by atoms with Crippen molar-refractivity contribution in [3.8, 4) is 0 Å². The molecule has 0 N–H and O–H groups in total. The summed E-state index contributed by atoms with van der Waals surface area (Å²) in [6, 6.07) is 8.73. The second-order valence-electron chi connectivity index (χ2n) is 5.31. The Bertz CT molecular complexity index is 606. The van der Waals surface area contributed by atoms with E-state index in [2.05, 4.69) is 12.0 Å². The minimum Gasteiger partial charge on any atom is -0.272 e. The van der Waals surface area contributed by atoms with Gasteiger partial charge in [-0.15, -0.1) is 23.2 Å². The molecular weight excluding hydrogens is 310 g/mol. The zero-order valence-corrected chi connectivity index (χ0v) is 13.8. The third-order valence-electron chi connectivity index (χ3n) is 3.87. The highest BCUT2D eigenvalue weighted by atomic mass is 35.5. The molecule has 0 spiro atoms. The van der Waals surface area contributed by atoms with Crippen molar-refractivity contribution in [3.05, 3.63) is 53.1 Å². The Morgan fingerprint density at radius 2 is 1.90 bits per heavy atom. The number of hydrogen-bond acceptors (Lipinski definition) is 1. The summed E-state index contributed by atoms with van der Waals surface area (Å²) in [4.78, 5) is 0. The predicted octanol–water partition coefficient (Wildman–Crippen LogP) is 4.08. The zero-order valence-electron chi connectivity index (χ0n) is 12.2. The summed E-state index contributed by atoms with van der Waals surface area (Å²) in [5.74, 6) is 0.241. The first-order valence-corrected chi connectivity index (χ1v) is 8.02. The summed E-state index contributed by atoms with van der Waals surface area (Å²) in [6.45, 7) is 2.05. The molecule has 0 fully saturated rings.